The van der Waals surface area contributed by atoms with E-state index in [9.17, 15) is 9.90 Å². The molecule has 1 aromatic heterocycles. The van der Waals surface area contributed by atoms with Crippen LogP contribution in [-0.4, -0.2) is 46.4 Å². The Hall–Kier alpha value is -1.01. The van der Waals surface area contributed by atoms with Crippen LogP contribution in [0.5, 0.6) is 5.88 Å². The van der Waals surface area contributed by atoms with Crippen molar-refractivity contribution in [2.75, 3.05) is 26.4 Å². The Balaban J connectivity index is 2.76. The first-order valence-corrected chi connectivity index (χ1v) is 6.98. The van der Waals surface area contributed by atoms with Crippen molar-refractivity contribution in [3.8, 4) is 5.88 Å². The minimum atomic E-state index is -0.233. The number of aromatic hydroxyl groups is 1. The van der Waals surface area contributed by atoms with Crippen molar-refractivity contribution >= 4 is 11.8 Å². The van der Waals surface area contributed by atoms with E-state index < -0.39 is 0 Å². The molecule has 0 aliphatic heterocycles. The quantitative estimate of drug-likeness (QED) is 0.603. The lowest BCUT2D eigenvalue weighted by Crippen LogP contribution is -2.18. The predicted octanol–water partition coefficient (Wildman–Crippen LogP) is 1.33. The molecule has 18 heavy (non-hydrogen) atoms. The van der Waals surface area contributed by atoms with Crippen LogP contribution in [0.15, 0.2) is 9.95 Å². The smallest absolute Gasteiger partial charge is 0.258 e. The predicted molar refractivity (Wildman–Crippen MR) is 74.3 cm³/mol. The Morgan fingerprint density at radius 1 is 1.44 bits per heavy atom. The van der Waals surface area contributed by atoms with E-state index in [-0.39, 0.29) is 11.4 Å². The largest absolute Gasteiger partial charge is 0.493 e. The van der Waals surface area contributed by atoms with E-state index in [2.05, 4.69) is 14.9 Å². The highest BCUT2D eigenvalue weighted by Gasteiger charge is 2.12. The molecule has 1 rings (SSSR count). The first-order chi connectivity index (χ1) is 8.40. The van der Waals surface area contributed by atoms with Gasteiger partial charge in [-0.15, -0.1) is 0 Å². The number of rotatable bonds is 6. The number of aromatic amines is 1. The van der Waals surface area contributed by atoms with Crippen LogP contribution in [0.2, 0.25) is 0 Å². The summed E-state index contributed by atoms with van der Waals surface area (Å²) in [6, 6.07) is 0. The molecule has 0 spiro atoms. The summed E-state index contributed by atoms with van der Waals surface area (Å²) in [5, 5.41) is 10.3. The lowest BCUT2D eigenvalue weighted by atomic mass is 10.1. The van der Waals surface area contributed by atoms with Gasteiger partial charge in [-0.25, -0.2) is 0 Å². The molecule has 0 unspecified atom stereocenters. The highest BCUT2D eigenvalue weighted by molar-refractivity contribution is 7.99. The zero-order chi connectivity index (χ0) is 13.7. The maximum atomic E-state index is 11.8. The summed E-state index contributed by atoms with van der Waals surface area (Å²) >= 11 is 1.44. The number of nitrogens with zero attached hydrogens (tertiary/aromatic N) is 2. The number of hydrogen-bond acceptors (Lipinski definition) is 5. The molecule has 0 aliphatic rings. The third kappa shape index (κ3) is 4.70. The van der Waals surface area contributed by atoms with Gasteiger partial charge in [0.2, 0.25) is 5.88 Å². The van der Waals surface area contributed by atoms with Crippen LogP contribution in [0.4, 0.5) is 0 Å². The summed E-state index contributed by atoms with van der Waals surface area (Å²) in [5.41, 5.74) is 0.144. The minimum absolute atomic E-state index is 0.139. The molecular weight excluding hydrogens is 250 g/mol. The maximum Gasteiger partial charge on any atom is 0.258 e. The molecule has 0 saturated heterocycles. The van der Waals surface area contributed by atoms with E-state index in [1.807, 2.05) is 27.9 Å². The SMILES string of the molecule is CC(C)Cc1c(O)nc(SCCN(C)C)[nH]c1=O. The van der Waals surface area contributed by atoms with Crippen LogP contribution >= 0.6 is 11.8 Å². The Labute approximate surface area is 112 Å². The van der Waals surface area contributed by atoms with Gasteiger partial charge in [-0.1, -0.05) is 25.6 Å². The third-order valence-electron chi connectivity index (χ3n) is 2.36. The fourth-order valence-electron chi connectivity index (χ4n) is 1.45. The Morgan fingerprint density at radius 2 is 2.11 bits per heavy atom. The average Bonchev–Trinajstić information content (AvgIpc) is 2.22. The van der Waals surface area contributed by atoms with Crippen LogP contribution in [0.3, 0.4) is 0 Å². The highest BCUT2D eigenvalue weighted by Crippen LogP contribution is 2.18. The molecule has 0 fully saturated rings. The zero-order valence-electron chi connectivity index (χ0n) is 11.4. The van der Waals surface area contributed by atoms with Gasteiger partial charge in [0.1, 0.15) is 0 Å². The molecule has 6 heteroatoms. The fraction of sp³-hybridized carbons (Fsp3) is 0.667. The van der Waals surface area contributed by atoms with E-state index in [4.69, 9.17) is 0 Å². The second-order valence-electron chi connectivity index (χ2n) is 4.92. The van der Waals surface area contributed by atoms with Gasteiger partial charge in [0, 0.05) is 12.3 Å². The van der Waals surface area contributed by atoms with Crippen molar-refractivity contribution in [2.24, 2.45) is 5.92 Å². The van der Waals surface area contributed by atoms with Crippen LogP contribution in [0, 0.1) is 5.92 Å². The van der Waals surface area contributed by atoms with E-state index in [1.165, 1.54) is 11.8 Å². The molecule has 0 aliphatic carbocycles. The molecule has 102 valence electrons. The Bertz CT molecular complexity index is 443. The van der Waals surface area contributed by atoms with Crippen LogP contribution < -0.4 is 5.56 Å². The molecule has 1 heterocycles. The molecule has 0 aromatic carbocycles. The second-order valence-corrected chi connectivity index (χ2v) is 6.01. The van der Waals surface area contributed by atoms with Gasteiger partial charge in [-0.05, 0) is 26.4 Å². The van der Waals surface area contributed by atoms with E-state index in [0.717, 1.165) is 12.3 Å². The van der Waals surface area contributed by atoms with Crippen molar-refractivity contribution in [1.29, 1.82) is 0 Å². The normalized spacial score (nSPS) is 11.4. The number of nitrogens with one attached hydrogen (secondary N) is 1. The minimum Gasteiger partial charge on any atom is -0.493 e. The summed E-state index contributed by atoms with van der Waals surface area (Å²) in [6.45, 7) is 4.89. The molecule has 2 N–H and O–H groups in total. The van der Waals surface area contributed by atoms with E-state index in [1.54, 1.807) is 0 Å². The molecule has 5 nitrogen and oxygen atoms in total. The van der Waals surface area contributed by atoms with Gasteiger partial charge in [0.05, 0.1) is 5.56 Å². The second kappa shape index (κ2) is 6.80. The zero-order valence-corrected chi connectivity index (χ0v) is 12.2. The summed E-state index contributed by atoms with van der Waals surface area (Å²) in [4.78, 5) is 20.6. The van der Waals surface area contributed by atoms with Crippen molar-refractivity contribution in [1.82, 2.24) is 14.9 Å². The van der Waals surface area contributed by atoms with Crippen molar-refractivity contribution in [3.63, 3.8) is 0 Å². The first kappa shape index (κ1) is 15.0. The Morgan fingerprint density at radius 3 is 2.61 bits per heavy atom. The number of H-pyrrole nitrogens is 1. The van der Waals surface area contributed by atoms with Gasteiger partial charge in [0.25, 0.3) is 5.56 Å². The molecule has 0 atom stereocenters. The lowest BCUT2D eigenvalue weighted by Gasteiger charge is -2.09. The maximum absolute atomic E-state index is 11.8. The number of hydrogen-bond donors (Lipinski definition) is 2. The van der Waals surface area contributed by atoms with Gasteiger partial charge >= 0.3 is 0 Å². The summed E-state index contributed by atoms with van der Waals surface area (Å²) < 4.78 is 0. The number of thioether (sulfide) groups is 1. The topological polar surface area (TPSA) is 69.2 Å². The molecular formula is C12H21N3O2S. The van der Waals surface area contributed by atoms with Crippen LogP contribution in [0.25, 0.3) is 0 Å². The average molecular weight is 271 g/mol. The summed E-state index contributed by atoms with van der Waals surface area (Å²) in [7, 11) is 3.97. The van der Waals surface area contributed by atoms with E-state index in [0.29, 0.717) is 23.1 Å². The van der Waals surface area contributed by atoms with Crippen molar-refractivity contribution in [2.45, 2.75) is 25.4 Å². The lowest BCUT2D eigenvalue weighted by molar-refractivity contribution is 0.429. The molecule has 1 aromatic rings. The first-order valence-electron chi connectivity index (χ1n) is 5.99. The van der Waals surface area contributed by atoms with Gasteiger partial charge in [0.15, 0.2) is 5.16 Å². The van der Waals surface area contributed by atoms with Crippen molar-refractivity contribution in [3.05, 3.63) is 15.9 Å². The molecule has 0 amide bonds. The third-order valence-corrected chi connectivity index (χ3v) is 3.22. The van der Waals surface area contributed by atoms with Crippen molar-refractivity contribution < 1.29 is 5.11 Å². The molecule has 0 bridgehead atoms. The molecule has 0 saturated carbocycles. The fourth-order valence-corrected chi connectivity index (χ4v) is 2.42. The van der Waals surface area contributed by atoms with Gasteiger partial charge in [-0.3, -0.25) is 4.79 Å². The monoisotopic (exact) mass is 271 g/mol. The summed E-state index contributed by atoms with van der Waals surface area (Å²) in [6.07, 6.45) is 0.539. The van der Waals surface area contributed by atoms with Crippen LogP contribution in [-0.2, 0) is 6.42 Å². The van der Waals surface area contributed by atoms with E-state index >= 15 is 0 Å². The Kier molecular flexibility index (Phi) is 5.68. The van der Waals surface area contributed by atoms with Gasteiger partial charge in [-0.2, -0.15) is 4.98 Å². The standard InChI is InChI=1S/C12H21N3O2S/c1-8(2)7-9-10(16)13-12(14-11(9)17)18-6-5-15(3)4/h8H,5-7H2,1-4H3,(H2,13,14,16,17). The number of aromatic nitrogens is 2. The summed E-state index contributed by atoms with van der Waals surface area (Å²) in [5.74, 6) is 0.990. The molecule has 0 radical (unpaired) electrons. The van der Waals surface area contributed by atoms with Crippen LogP contribution in [0.1, 0.15) is 19.4 Å². The van der Waals surface area contributed by atoms with Gasteiger partial charge < -0.3 is 15.0 Å². The highest BCUT2D eigenvalue weighted by atomic mass is 32.2.